The Bertz CT molecular complexity index is 374. The van der Waals surface area contributed by atoms with Gasteiger partial charge in [-0.2, -0.15) is 22.0 Å². The van der Waals surface area contributed by atoms with Gasteiger partial charge in [0.25, 0.3) is 5.82 Å². The van der Waals surface area contributed by atoms with E-state index in [4.69, 9.17) is 0 Å². The lowest BCUT2D eigenvalue weighted by Crippen LogP contribution is -2.35. The van der Waals surface area contributed by atoms with Gasteiger partial charge in [-0.15, -0.1) is 23.4 Å². The Morgan fingerprint density at radius 1 is 0.875 bits per heavy atom. The van der Waals surface area contributed by atoms with Crippen molar-refractivity contribution in [2.75, 3.05) is 0 Å². The zero-order valence-corrected chi connectivity index (χ0v) is 6.81. The third-order valence-corrected chi connectivity index (χ3v) is 1.28. The highest BCUT2D eigenvalue weighted by Crippen LogP contribution is 2.42. The minimum Gasteiger partial charge on any atom is -0.187 e. The fourth-order valence-electron chi connectivity index (χ4n) is 0.574. The van der Waals surface area contributed by atoms with Crippen molar-refractivity contribution in [1.82, 2.24) is 20.2 Å². The van der Waals surface area contributed by atoms with Gasteiger partial charge in [0.2, 0.25) is 0 Å². The minimum absolute atomic E-state index is 1.29. The Balaban J connectivity index is 3.13. The molecule has 0 unspecified atom stereocenters. The second-order valence-corrected chi connectivity index (χ2v) is 2.44. The molecule has 0 radical (unpaired) electrons. The molecule has 4 nitrogen and oxygen atoms in total. The number of hydrogen-bond donors (Lipinski definition) is 0. The maximum atomic E-state index is 12.4. The van der Waals surface area contributed by atoms with Crippen LogP contribution in [0.2, 0.25) is 0 Å². The van der Waals surface area contributed by atoms with Gasteiger partial charge in [-0.05, 0) is 5.21 Å². The molecular weight excluding hydrogens is 256 g/mol. The van der Waals surface area contributed by atoms with Crippen LogP contribution < -0.4 is 0 Å². The van der Waals surface area contributed by atoms with Gasteiger partial charge in [0.15, 0.2) is 0 Å². The molecule has 1 heterocycles. The van der Waals surface area contributed by atoms with Gasteiger partial charge in [0, 0.05) is 0 Å². The number of tetrazole rings is 1. The van der Waals surface area contributed by atoms with Crippen molar-refractivity contribution in [1.29, 1.82) is 0 Å². The molecule has 0 saturated carbocycles. The largest absolute Gasteiger partial charge is 0.522 e. The lowest BCUT2D eigenvalue weighted by Gasteiger charge is -2.15. The van der Waals surface area contributed by atoms with Gasteiger partial charge >= 0.3 is 18.4 Å². The summed E-state index contributed by atoms with van der Waals surface area (Å²) < 4.78 is 95.1. The molecule has 0 fully saturated rings. The molecular formula is C4F8N4. The summed E-state index contributed by atoms with van der Waals surface area (Å²) in [6, 6.07) is 0. The van der Waals surface area contributed by atoms with Gasteiger partial charge in [-0.1, -0.05) is 4.80 Å². The molecule has 1 rings (SSSR count). The molecule has 0 amide bonds. The van der Waals surface area contributed by atoms with Gasteiger partial charge in [0.05, 0.1) is 0 Å². The van der Waals surface area contributed by atoms with Crippen LogP contribution in [0.5, 0.6) is 0 Å². The van der Waals surface area contributed by atoms with E-state index >= 15 is 0 Å². The van der Waals surface area contributed by atoms with Crippen molar-refractivity contribution in [3.63, 3.8) is 0 Å². The second kappa shape index (κ2) is 3.25. The number of hydrogen-bond acceptors (Lipinski definition) is 3. The van der Waals surface area contributed by atoms with E-state index in [9.17, 15) is 35.1 Å². The molecule has 1 aromatic rings. The summed E-state index contributed by atoms with van der Waals surface area (Å²) in [4.78, 5) is -1.29. The second-order valence-electron chi connectivity index (χ2n) is 2.44. The van der Waals surface area contributed by atoms with Crippen molar-refractivity contribution >= 4 is 0 Å². The third kappa shape index (κ3) is 2.04. The number of nitrogens with zero attached hydrogens (tertiary/aromatic N) is 4. The molecule has 0 atom stereocenters. The molecule has 0 spiro atoms. The summed E-state index contributed by atoms with van der Waals surface area (Å²) >= 11 is 0. The fraction of sp³-hybridized carbons (Fsp3) is 0.750. The highest BCUT2D eigenvalue weighted by atomic mass is 19.4. The third-order valence-electron chi connectivity index (χ3n) is 1.28. The summed E-state index contributed by atoms with van der Waals surface area (Å²) in [5, 5.41) is 5.97. The van der Waals surface area contributed by atoms with Crippen LogP contribution in [-0.2, 0) is 12.2 Å². The Kier molecular flexibility index (Phi) is 2.55. The van der Waals surface area contributed by atoms with Crippen LogP contribution in [0.4, 0.5) is 35.1 Å². The highest BCUT2D eigenvalue weighted by molar-refractivity contribution is 4.95. The summed E-state index contributed by atoms with van der Waals surface area (Å²) in [5.74, 6) is -7.95. The molecule has 12 heteroatoms. The Labute approximate surface area is 80.8 Å². The van der Waals surface area contributed by atoms with E-state index in [2.05, 4.69) is 0 Å². The number of rotatable bonds is 1. The zero-order valence-electron chi connectivity index (χ0n) is 6.81. The Hall–Kier alpha value is -1.49. The molecule has 0 aliphatic rings. The number of alkyl halides is 8. The molecule has 0 saturated heterocycles. The SMILES string of the molecule is FC(F)(F)n1nnc(C(F)(F)C(F)(F)F)n1. The molecule has 1 aromatic heterocycles. The first-order valence-electron chi connectivity index (χ1n) is 3.28. The van der Waals surface area contributed by atoms with E-state index < -0.39 is 29.0 Å². The maximum absolute atomic E-state index is 12.4. The van der Waals surface area contributed by atoms with E-state index in [1.165, 1.54) is 0 Å². The van der Waals surface area contributed by atoms with Crippen molar-refractivity contribution in [3.8, 4) is 0 Å². The normalized spacial score (nSPS) is 14.2. The first-order valence-corrected chi connectivity index (χ1v) is 3.28. The molecule has 0 bridgehead atoms. The number of aromatic nitrogens is 4. The summed E-state index contributed by atoms with van der Waals surface area (Å²) in [5.41, 5.74) is 0. The molecule has 0 N–H and O–H groups in total. The maximum Gasteiger partial charge on any atom is 0.522 e. The van der Waals surface area contributed by atoms with Crippen LogP contribution in [0.15, 0.2) is 0 Å². The molecule has 0 aromatic carbocycles. The predicted molar refractivity (Wildman–Crippen MR) is 29.1 cm³/mol. The predicted octanol–water partition coefficient (Wildman–Crippen LogP) is 1.80. The van der Waals surface area contributed by atoms with Crippen LogP contribution in [0, 0.1) is 0 Å². The molecule has 0 aliphatic heterocycles. The molecule has 0 aliphatic carbocycles. The first-order chi connectivity index (χ1) is 6.96. The van der Waals surface area contributed by atoms with E-state index in [1.807, 2.05) is 15.4 Å². The zero-order chi connectivity index (χ0) is 12.8. The van der Waals surface area contributed by atoms with Gasteiger partial charge in [-0.25, -0.2) is 0 Å². The topological polar surface area (TPSA) is 43.6 Å². The van der Waals surface area contributed by atoms with E-state index in [0.717, 1.165) is 0 Å². The number of halogens is 8. The monoisotopic (exact) mass is 256 g/mol. The van der Waals surface area contributed by atoms with Gasteiger partial charge in [-0.3, -0.25) is 0 Å². The standard InChI is InChI=1S/C4F8N4/c5-2(6,3(7,8)9)1-13-15-16(14-1)4(10,11)12. The Morgan fingerprint density at radius 3 is 1.69 bits per heavy atom. The summed E-state index contributed by atoms with van der Waals surface area (Å²) in [7, 11) is 0. The highest BCUT2D eigenvalue weighted by Gasteiger charge is 2.62. The average molecular weight is 256 g/mol. The van der Waals surface area contributed by atoms with Gasteiger partial charge in [0.1, 0.15) is 0 Å². The van der Waals surface area contributed by atoms with Crippen LogP contribution in [-0.4, -0.2) is 26.4 Å². The molecule has 92 valence electrons. The van der Waals surface area contributed by atoms with Crippen molar-refractivity contribution < 1.29 is 35.1 Å². The van der Waals surface area contributed by atoms with E-state index in [-0.39, 0.29) is 0 Å². The summed E-state index contributed by atoms with van der Waals surface area (Å²) in [6.07, 6.45) is -11.4. The lowest BCUT2D eigenvalue weighted by atomic mass is 10.3. The van der Waals surface area contributed by atoms with Crippen molar-refractivity contribution in [2.45, 2.75) is 18.4 Å². The van der Waals surface area contributed by atoms with E-state index in [1.54, 1.807) is 0 Å². The van der Waals surface area contributed by atoms with Crippen LogP contribution in [0.1, 0.15) is 5.82 Å². The van der Waals surface area contributed by atoms with Crippen LogP contribution >= 0.6 is 0 Å². The minimum atomic E-state index is -6.09. The van der Waals surface area contributed by atoms with Crippen molar-refractivity contribution in [3.05, 3.63) is 5.82 Å². The fourth-order valence-corrected chi connectivity index (χ4v) is 0.574. The average Bonchev–Trinajstić information content (AvgIpc) is 2.47. The lowest BCUT2D eigenvalue weighted by molar-refractivity contribution is -0.293. The van der Waals surface area contributed by atoms with Crippen LogP contribution in [0.25, 0.3) is 0 Å². The first kappa shape index (κ1) is 12.6. The summed E-state index contributed by atoms with van der Waals surface area (Å²) in [6.45, 7) is 0. The van der Waals surface area contributed by atoms with Crippen molar-refractivity contribution in [2.24, 2.45) is 0 Å². The smallest absolute Gasteiger partial charge is 0.187 e. The van der Waals surface area contributed by atoms with Gasteiger partial charge < -0.3 is 0 Å². The molecule has 16 heavy (non-hydrogen) atoms. The van der Waals surface area contributed by atoms with E-state index in [0.29, 0.717) is 0 Å². The van der Waals surface area contributed by atoms with Crippen LogP contribution in [0.3, 0.4) is 0 Å². The quantitative estimate of drug-likeness (QED) is 0.719. The Morgan fingerprint density at radius 2 is 1.38 bits per heavy atom.